The van der Waals surface area contributed by atoms with Crippen molar-refractivity contribution in [2.45, 2.75) is 76.4 Å². The summed E-state index contributed by atoms with van der Waals surface area (Å²) in [6.07, 6.45) is -3.17. The molecule has 0 radical (unpaired) electrons. The van der Waals surface area contributed by atoms with Crippen LogP contribution >= 0.6 is 0 Å². The first-order chi connectivity index (χ1) is 19.7. The summed E-state index contributed by atoms with van der Waals surface area (Å²) in [6, 6.07) is -4.62. The van der Waals surface area contributed by atoms with E-state index in [0.717, 1.165) is 9.80 Å². The van der Waals surface area contributed by atoms with Gasteiger partial charge >= 0.3 is 5.97 Å². The molecule has 0 aromatic carbocycles. The van der Waals surface area contributed by atoms with Crippen molar-refractivity contribution in [3.8, 4) is 0 Å². The SMILES string of the molecule is CC1CC(=O)N(C2CC(=O)N(C)C2=O)C1=O.CNC(CC(=O)[O-])C(=O)NC(CC(C)=O)C(=O)[O-].NC(CC(=O)O)C(O)O.[OH-]. The van der Waals surface area contributed by atoms with Gasteiger partial charge in [0, 0.05) is 38.2 Å². The molecule has 5 unspecified atom stereocenters. The Labute approximate surface area is 250 Å². The maximum atomic E-state index is 11.7. The summed E-state index contributed by atoms with van der Waals surface area (Å²) in [7, 11) is 2.70. The van der Waals surface area contributed by atoms with E-state index < -0.39 is 85.2 Å². The predicted molar refractivity (Wildman–Crippen MR) is 137 cm³/mol. The number of rotatable bonds is 12. The van der Waals surface area contributed by atoms with Crippen LogP contribution < -0.4 is 26.6 Å². The first-order valence-electron chi connectivity index (χ1n) is 12.6. The van der Waals surface area contributed by atoms with Crippen LogP contribution in [-0.4, -0.2) is 128 Å². The molecule has 44 heavy (non-hydrogen) atoms. The molecule has 2 aliphatic heterocycles. The van der Waals surface area contributed by atoms with E-state index in [-0.39, 0.29) is 42.0 Å². The number of amides is 5. The monoisotopic (exact) mass is 634 g/mol. The fourth-order valence-electron chi connectivity index (χ4n) is 3.63. The number of carboxylic acid groups (broad SMARTS) is 3. The van der Waals surface area contributed by atoms with Crippen molar-refractivity contribution in [3.63, 3.8) is 0 Å². The van der Waals surface area contributed by atoms with Crippen LogP contribution in [-0.2, 0) is 43.2 Å². The number of hydrogen-bond acceptors (Lipinski definition) is 16. The lowest BCUT2D eigenvalue weighted by molar-refractivity contribution is -0.308. The zero-order valence-corrected chi connectivity index (χ0v) is 24.3. The number of nitrogens with one attached hydrogen (secondary N) is 2. The number of ketones is 1. The highest BCUT2D eigenvalue weighted by molar-refractivity contribution is 6.12. The summed E-state index contributed by atoms with van der Waals surface area (Å²) in [5.74, 6) is -7.43. The molecule has 250 valence electrons. The van der Waals surface area contributed by atoms with Gasteiger partial charge < -0.3 is 57.0 Å². The van der Waals surface area contributed by atoms with Crippen LogP contribution in [0.25, 0.3) is 0 Å². The number of imide groups is 2. The lowest BCUT2D eigenvalue weighted by Gasteiger charge is -2.22. The van der Waals surface area contributed by atoms with Crippen LogP contribution in [0.2, 0.25) is 0 Å². The summed E-state index contributed by atoms with van der Waals surface area (Å²) < 4.78 is 0. The first-order valence-corrected chi connectivity index (χ1v) is 12.6. The number of likely N-dealkylation sites (tertiary alicyclic amines) is 2. The van der Waals surface area contributed by atoms with E-state index in [1.54, 1.807) is 6.92 Å². The number of Topliss-reactive ketones (excluding diaryl/α,β-unsaturated/α-hetero) is 1. The van der Waals surface area contributed by atoms with Crippen molar-refractivity contribution in [2.75, 3.05) is 14.1 Å². The van der Waals surface area contributed by atoms with Crippen LogP contribution in [0.5, 0.6) is 0 Å². The van der Waals surface area contributed by atoms with Crippen molar-refractivity contribution in [2.24, 2.45) is 11.7 Å². The normalized spacial score (nSPS) is 19.5. The number of likely N-dealkylation sites (N-methyl/N-ethyl adjacent to an activating group) is 2. The van der Waals surface area contributed by atoms with Crippen LogP contribution in [0.15, 0.2) is 0 Å². The number of hydrogen-bond donors (Lipinski definition) is 6. The molecule has 0 saturated carbocycles. The van der Waals surface area contributed by atoms with Gasteiger partial charge in [-0.2, -0.15) is 0 Å². The van der Waals surface area contributed by atoms with E-state index in [9.17, 15) is 53.4 Å². The number of nitrogens with zero attached hydrogens (tertiary/aromatic N) is 2. The van der Waals surface area contributed by atoms with Crippen molar-refractivity contribution >= 4 is 53.2 Å². The second kappa shape index (κ2) is 19.0. The lowest BCUT2D eigenvalue weighted by Crippen LogP contribution is -2.54. The molecule has 0 aromatic rings. The number of aliphatic carboxylic acids is 3. The van der Waals surface area contributed by atoms with E-state index in [0.29, 0.717) is 0 Å². The third-order valence-electron chi connectivity index (χ3n) is 6.00. The van der Waals surface area contributed by atoms with E-state index in [1.165, 1.54) is 21.0 Å². The lowest BCUT2D eigenvalue weighted by atomic mass is 10.1. The molecule has 0 bridgehead atoms. The molecule has 2 fully saturated rings. The van der Waals surface area contributed by atoms with Gasteiger partial charge in [0.15, 0.2) is 6.29 Å². The van der Waals surface area contributed by atoms with Gasteiger partial charge in [0.1, 0.15) is 11.8 Å². The molecule has 5 amide bonds. The van der Waals surface area contributed by atoms with E-state index >= 15 is 0 Å². The molecule has 2 rings (SSSR count). The summed E-state index contributed by atoms with van der Waals surface area (Å²) in [5, 5.41) is 50.0. The molecular formula is C24H36N5O15-3. The van der Waals surface area contributed by atoms with Crippen LogP contribution in [0, 0.1) is 5.92 Å². The average Bonchev–Trinajstić information content (AvgIpc) is 3.28. The second-order valence-electron chi connectivity index (χ2n) is 9.60. The van der Waals surface area contributed by atoms with Gasteiger partial charge in [-0.3, -0.25) is 43.4 Å². The number of carbonyl (C=O) groups is 9. The molecule has 2 aliphatic rings. The van der Waals surface area contributed by atoms with Crippen LogP contribution in [0.1, 0.15) is 46.0 Å². The fourth-order valence-corrected chi connectivity index (χ4v) is 3.63. The Morgan fingerprint density at radius 2 is 1.50 bits per heavy atom. The van der Waals surface area contributed by atoms with Gasteiger partial charge in [-0.15, -0.1) is 0 Å². The molecule has 8 N–H and O–H groups in total. The fraction of sp³-hybridized carbons (Fsp3) is 0.625. The molecule has 5 atom stereocenters. The zero-order valence-electron chi connectivity index (χ0n) is 24.3. The molecular weight excluding hydrogens is 598 g/mol. The summed E-state index contributed by atoms with van der Waals surface area (Å²) in [4.78, 5) is 101. The minimum Gasteiger partial charge on any atom is -0.870 e. The average molecular weight is 635 g/mol. The maximum absolute atomic E-state index is 11.7. The van der Waals surface area contributed by atoms with E-state index in [1.807, 2.05) is 5.32 Å². The van der Waals surface area contributed by atoms with Gasteiger partial charge in [0.2, 0.25) is 23.6 Å². The van der Waals surface area contributed by atoms with Gasteiger partial charge in [0.25, 0.3) is 5.91 Å². The number of carbonyl (C=O) groups excluding carboxylic acids is 8. The first kappa shape index (κ1) is 41.8. The van der Waals surface area contributed by atoms with Crippen LogP contribution in [0.3, 0.4) is 0 Å². The number of aliphatic hydroxyl groups excluding tert-OH is 1. The standard InChI is InChI=1S/C10H16N2O6.C10H12N2O4.C4H9NO4.H2O/c1-5(13)3-7(10(17)18)12-9(16)6(11-2)4-8(14)15;1-5-3-8(14)12(9(5)15)6-4-7(13)11(2)10(6)16;5-2(4(8)9)1-3(6)7;/h6-7,11H,3-4H2,1-2H3,(H,12,16)(H,14,15)(H,17,18);5-6H,3-4H2,1-2H3;2,4,8-9H,1,5H2,(H,6,7);1H2/p-3. The topological polar surface area (TPSA) is 347 Å². The Kier molecular flexibility index (Phi) is 18.1. The molecule has 20 nitrogen and oxygen atoms in total. The Bertz CT molecular complexity index is 1110. The highest BCUT2D eigenvalue weighted by Crippen LogP contribution is 2.26. The molecule has 2 saturated heterocycles. The summed E-state index contributed by atoms with van der Waals surface area (Å²) in [6.45, 7) is 2.81. The van der Waals surface area contributed by atoms with E-state index in [4.69, 9.17) is 21.1 Å². The third kappa shape index (κ3) is 13.3. The Morgan fingerprint density at radius 1 is 0.955 bits per heavy atom. The highest BCUT2D eigenvalue weighted by atomic mass is 16.5. The largest absolute Gasteiger partial charge is 0.870 e. The van der Waals surface area contributed by atoms with Gasteiger partial charge in [0.05, 0.1) is 36.9 Å². The number of carboxylic acids is 3. The molecule has 0 spiro atoms. The Hall–Kier alpha value is -4.37. The zero-order chi connectivity index (χ0) is 33.8. The second-order valence-corrected chi connectivity index (χ2v) is 9.60. The summed E-state index contributed by atoms with van der Waals surface area (Å²) in [5.41, 5.74) is 4.94. The molecule has 2 heterocycles. The Balaban J connectivity index is 0. The minimum atomic E-state index is -1.75. The number of nitrogens with two attached hydrogens (primary N) is 1. The molecule has 0 aliphatic carbocycles. The van der Waals surface area contributed by atoms with Crippen molar-refractivity contribution in [1.29, 1.82) is 0 Å². The van der Waals surface area contributed by atoms with Crippen molar-refractivity contribution in [1.82, 2.24) is 20.4 Å². The van der Waals surface area contributed by atoms with Gasteiger partial charge in [-0.05, 0) is 14.0 Å². The predicted octanol–water partition coefficient (Wildman–Crippen LogP) is -7.01. The van der Waals surface area contributed by atoms with Gasteiger partial charge in [-0.25, -0.2) is 0 Å². The third-order valence-corrected chi connectivity index (χ3v) is 6.00. The Morgan fingerprint density at radius 3 is 1.80 bits per heavy atom. The smallest absolute Gasteiger partial charge is 0.305 e. The summed E-state index contributed by atoms with van der Waals surface area (Å²) >= 11 is 0. The quantitative estimate of drug-likeness (QED) is 0.0857. The maximum Gasteiger partial charge on any atom is 0.305 e. The molecule has 20 heteroatoms. The van der Waals surface area contributed by atoms with Crippen molar-refractivity contribution < 1.29 is 74.2 Å². The van der Waals surface area contributed by atoms with Crippen LogP contribution in [0.4, 0.5) is 0 Å². The minimum absolute atomic E-state index is 0. The highest BCUT2D eigenvalue weighted by Gasteiger charge is 2.48. The van der Waals surface area contributed by atoms with Gasteiger partial charge in [-0.1, -0.05) is 6.92 Å². The van der Waals surface area contributed by atoms with Crippen molar-refractivity contribution in [3.05, 3.63) is 0 Å². The molecule has 0 aromatic heterocycles. The number of aliphatic hydroxyl groups is 2. The van der Waals surface area contributed by atoms with E-state index in [2.05, 4.69) is 5.32 Å².